The number of benzene rings is 3. The molecule has 0 bridgehead atoms. The maximum atomic E-state index is 13.2. The van der Waals surface area contributed by atoms with E-state index in [4.69, 9.17) is 9.47 Å². The number of thiazole rings is 1. The highest BCUT2D eigenvalue weighted by atomic mass is 32.2. The van der Waals surface area contributed by atoms with E-state index in [1.165, 1.54) is 41.7 Å². The number of carbonyl (C=O) groups excluding carboxylic acids is 3. The van der Waals surface area contributed by atoms with Gasteiger partial charge in [0.25, 0.3) is 11.8 Å². The Labute approximate surface area is 283 Å². The number of carbonyl (C=O) groups is 3. The molecule has 48 heavy (non-hydrogen) atoms. The van der Waals surface area contributed by atoms with Crippen molar-refractivity contribution in [1.82, 2.24) is 15.2 Å². The highest BCUT2D eigenvalue weighted by molar-refractivity contribution is 7.91. The smallest absolute Gasteiger partial charge is 0.410 e. The number of hydrogen-bond acceptors (Lipinski definition) is 9. The number of sulfone groups is 1. The third-order valence-corrected chi connectivity index (χ3v) is 10.9. The molecule has 2 aliphatic rings. The summed E-state index contributed by atoms with van der Waals surface area (Å²) in [7, 11) is -3.96. The van der Waals surface area contributed by atoms with Crippen LogP contribution in [0.2, 0.25) is 0 Å². The molecule has 2 N–H and O–H groups in total. The van der Waals surface area contributed by atoms with Gasteiger partial charge in [0.1, 0.15) is 16.4 Å². The fraction of sp³-hybridized carbons (Fsp3) is 0.314. The van der Waals surface area contributed by atoms with E-state index in [0.717, 1.165) is 34.0 Å². The van der Waals surface area contributed by atoms with E-state index in [9.17, 15) is 22.8 Å². The van der Waals surface area contributed by atoms with Gasteiger partial charge in [0.05, 0.1) is 34.2 Å². The molecule has 3 heterocycles. The SMILES string of the molecule is CC(C)(C)OC(=O)N1CCCC(COc2ccc(-c3ncc(CNC(=O)c4ccc5c(c4)NC(=O)c4ccccc4S5(=O)=O)s3)cc2)C1. The van der Waals surface area contributed by atoms with Gasteiger partial charge in [-0.1, -0.05) is 12.1 Å². The number of nitrogens with one attached hydrogen (secondary N) is 2. The summed E-state index contributed by atoms with van der Waals surface area (Å²) < 4.78 is 38.0. The number of nitrogens with zero attached hydrogens (tertiary/aromatic N) is 2. The molecule has 13 heteroatoms. The molecule has 6 rings (SSSR count). The number of piperidine rings is 1. The molecule has 4 aromatic rings. The van der Waals surface area contributed by atoms with Crippen LogP contribution in [0.5, 0.6) is 5.75 Å². The van der Waals surface area contributed by atoms with Crippen molar-refractivity contribution < 1.29 is 32.3 Å². The number of likely N-dealkylation sites (tertiary alicyclic amines) is 1. The predicted molar refractivity (Wildman–Crippen MR) is 181 cm³/mol. The molecule has 1 unspecified atom stereocenters. The molecule has 0 spiro atoms. The van der Waals surface area contributed by atoms with Gasteiger partial charge < -0.3 is 25.0 Å². The van der Waals surface area contributed by atoms with Crippen molar-refractivity contribution in [2.24, 2.45) is 5.92 Å². The first kappa shape index (κ1) is 33.2. The Morgan fingerprint density at radius 1 is 1.06 bits per heavy atom. The Balaban J connectivity index is 1.03. The number of aromatic nitrogens is 1. The maximum absolute atomic E-state index is 13.2. The Kier molecular flexibility index (Phi) is 9.26. The van der Waals surface area contributed by atoms with E-state index < -0.39 is 27.3 Å². The molecule has 1 atom stereocenters. The number of hydrogen-bond donors (Lipinski definition) is 2. The number of fused-ring (bicyclic) bond motifs is 2. The normalized spacial score (nSPS) is 16.9. The van der Waals surface area contributed by atoms with E-state index in [-0.39, 0.29) is 45.2 Å². The highest BCUT2D eigenvalue weighted by Crippen LogP contribution is 2.34. The van der Waals surface area contributed by atoms with Crippen LogP contribution in [-0.4, -0.2) is 61.5 Å². The molecule has 1 saturated heterocycles. The summed E-state index contributed by atoms with van der Waals surface area (Å²) in [4.78, 5) is 45.2. The molecule has 0 aliphatic carbocycles. The second-order valence-corrected chi connectivity index (χ2v) is 15.8. The zero-order chi connectivity index (χ0) is 34.1. The van der Waals surface area contributed by atoms with Crippen molar-refractivity contribution >= 4 is 44.8 Å². The predicted octanol–water partition coefficient (Wildman–Crippen LogP) is 6.16. The first-order valence-corrected chi connectivity index (χ1v) is 17.9. The second kappa shape index (κ2) is 13.4. The van der Waals surface area contributed by atoms with Gasteiger partial charge in [-0.05, 0) is 88.2 Å². The van der Waals surface area contributed by atoms with Gasteiger partial charge in [-0.15, -0.1) is 11.3 Å². The number of anilines is 1. The van der Waals surface area contributed by atoms with Crippen LogP contribution in [0.3, 0.4) is 0 Å². The summed E-state index contributed by atoms with van der Waals surface area (Å²) in [5, 5.41) is 6.26. The van der Waals surface area contributed by atoms with Gasteiger partial charge in [-0.25, -0.2) is 18.2 Å². The van der Waals surface area contributed by atoms with Crippen LogP contribution in [0.15, 0.2) is 82.7 Å². The van der Waals surface area contributed by atoms with Crippen molar-refractivity contribution in [2.45, 2.75) is 55.5 Å². The van der Waals surface area contributed by atoms with Crippen LogP contribution >= 0.6 is 11.3 Å². The summed E-state index contributed by atoms with van der Waals surface area (Å²) in [5.74, 6) is -0.0313. The summed E-state index contributed by atoms with van der Waals surface area (Å²) in [6, 6.07) is 17.8. The van der Waals surface area contributed by atoms with Crippen LogP contribution < -0.4 is 15.4 Å². The largest absolute Gasteiger partial charge is 0.493 e. The maximum Gasteiger partial charge on any atom is 0.410 e. The van der Waals surface area contributed by atoms with E-state index in [2.05, 4.69) is 15.6 Å². The lowest BCUT2D eigenvalue weighted by atomic mass is 9.99. The third kappa shape index (κ3) is 7.37. The minimum atomic E-state index is -3.96. The first-order valence-electron chi connectivity index (χ1n) is 15.6. The van der Waals surface area contributed by atoms with Crippen LogP contribution in [0.1, 0.15) is 59.2 Å². The molecular weight excluding hydrogens is 653 g/mol. The number of ether oxygens (including phenoxy) is 2. The molecule has 1 aromatic heterocycles. The first-order chi connectivity index (χ1) is 22.9. The lowest BCUT2D eigenvalue weighted by Gasteiger charge is -2.34. The fourth-order valence-electron chi connectivity index (χ4n) is 5.59. The summed E-state index contributed by atoms with van der Waals surface area (Å²) in [6.07, 6.45) is 3.30. The van der Waals surface area contributed by atoms with E-state index >= 15 is 0 Å². The highest BCUT2D eigenvalue weighted by Gasteiger charge is 2.32. The molecular formula is C35H36N4O7S2. The lowest BCUT2D eigenvalue weighted by Crippen LogP contribution is -2.44. The monoisotopic (exact) mass is 688 g/mol. The molecule has 2 aliphatic heterocycles. The van der Waals surface area contributed by atoms with Gasteiger partial charge in [-0.2, -0.15) is 0 Å². The van der Waals surface area contributed by atoms with Gasteiger partial charge in [0.2, 0.25) is 9.84 Å². The van der Waals surface area contributed by atoms with Gasteiger partial charge in [0, 0.05) is 41.2 Å². The van der Waals surface area contributed by atoms with Crippen LogP contribution in [0.25, 0.3) is 10.6 Å². The Bertz CT molecular complexity index is 1970. The molecule has 0 radical (unpaired) electrons. The fourth-order valence-corrected chi connectivity index (χ4v) is 8.04. The molecule has 250 valence electrons. The second-order valence-electron chi connectivity index (χ2n) is 12.7. The summed E-state index contributed by atoms with van der Waals surface area (Å²) in [5.41, 5.74) is 0.693. The van der Waals surface area contributed by atoms with Crippen molar-refractivity contribution in [1.29, 1.82) is 0 Å². The zero-order valence-electron chi connectivity index (χ0n) is 26.8. The summed E-state index contributed by atoms with van der Waals surface area (Å²) in [6.45, 7) is 7.60. The number of amides is 3. The quantitative estimate of drug-likeness (QED) is 0.235. The van der Waals surface area contributed by atoms with Crippen LogP contribution in [0, 0.1) is 5.92 Å². The van der Waals surface area contributed by atoms with E-state index in [0.29, 0.717) is 19.7 Å². The van der Waals surface area contributed by atoms with Crippen LogP contribution in [-0.2, 0) is 21.1 Å². The minimum absolute atomic E-state index is 0.0514. The van der Waals surface area contributed by atoms with Crippen molar-refractivity contribution in [2.75, 3.05) is 25.0 Å². The van der Waals surface area contributed by atoms with Crippen molar-refractivity contribution in [3.05, 3.63) is 88.9 Å². The average molecular weight is 689 g/mol. The average Bonchev–Trinajstić information content (AvgIpc) is 3.52. The van der Waals surface area contributed by atoms with Gasteiger partial charge >= 0.3 is 6.09 Å². The molecule has 1 fully saturated rings. The van der Waals surface area contributed by atoms with Gasteiger partial charge in [0.15, 0.2) is 0 Å². The zero-order valence-corrected chi connectivity index (χ0v) is 28.4. The Morgan fingerprint density at radius 2 is 1.83 bits per heavy atom. The van der Waals surface area contributed by atoms with E-state index in [1.807, 2.05) is 45.0 Å². The lowest BCUT2D eigenvalue weighted by molar-refractivity contribution is 0.0139. The third-order valence-electron chi connectivity index (χ3n) is 7.94. The van der Waals surface area contributed by atoms with Crippen molar-refractivity contribution in [3.8, 4) is 16.3 Å². The topological polar surface area (TPSA) is 144 Å². The summed E-state index contributed by atoms with van der Waals surface area (Å²) >= 11 is 1.44. The molecule has 0 saturated carbocycles. The molecule has 11 nitrogen and oxygen atoms in total. The molecule has 3 amide bonds. The Morgan fingerprint density at radius 3 is 2.60 bits per heavy atom. The van der Waals surface area contributed by atoms with Gasteiger partial charge in [-0.3, -0.25) is 9.59 Å². The Hall–Kier alpha value is -4.75. The van der Waals surface area contributed by atoms with Crippen LogP contribution in [0.4, 0.5) is 10.5 Å². The number of rotatable bonds is 7. The molecule has 3 aromatic carbocycles. The van der Waals surface area contributed by atoms with E-state index in [1.54, 1.807) is 23.2 Å². The van der Waals surface area contributed by atoms with Crippen molar-refractivity contribution in [3.63, 3.8) is 0 Å². The standard InChI is InChI=1S/C35H36N4O7S2/c1-35(2,3)46-34(42)39-16-6-7-22(20-39)21-45-25-13-10-23(11-14-25)33-37-19-26(47-33)18-36-31(40)24-12-15-30-28(17-24)38-32(41)27-8-4-5-9-29(27)48(30,43)44/h4-5,8-15,17,19,22H,6-7,16,18,20-21H2,1-3H3,(H,36,40)(H,38,41). The minimum Gasteiger partial charge on any atom is -0.493 e.